The van der Waals surface area contributed by atoms with Gasteiger partial charge in [0, 0.05) is 51.9 Å². The average Bonchev–Trinajstić information content (AvgIpc) is 2.56. The van der Waals surface area contributed by atoms with E-state index in [9.17, 15) is 4.79 Å². The lowest BCUT2D eigenvalue weighted by Gasteiger charge is -2.39. The second-order valence-electron chi connectivity index (χ2n) is 5.93. The van der Waals surface area contributed by atoms with Crippen LogP contribution in [-0.2, 0) is 14.3 Å². The molecule has 128 valence electrons. The van der Waals surface area contributed by atoms with Crippen molar-refractivity contribution in [2.24, 2.45) is 0 Å². The number of carbonyl (C=O) groups is 1. The molecule has 4 heterocycles. The lowest BCUT2D eigenvalue weighted by molar-refractivity contribution is -0.149. The third-order valence-corrected chi connectivity index (χ3v) is 4.51. The van der Waals surface area contributed by atoms with Gasteiger partial charge in [0.25, 0.3) is 0 Å². The predicted molar refractivity (Wildman–Crippen MR) is 85.5 cm³/mol. The Morgan fingerprint density at radius 3 is 2.45 bits per heavy atom. The van der Waals surface area contributed by atoms with Gasteiger partial charge in [0.15, 0.2) is 0 Å². The zero-order chi connectivity index (χ0) is 14.5. The number of fused-ring (bicyclic) bond motifs is 2. The third-order valence-electron chi connectivity index (χ3n) is 4.51. The van der Waals surface area contributed by atoms with Crippen molar-refractivity contribution in [2.75, 3.05) is 72.2 Å². The molecule has 0 spiro atoms. The number of nitrogens with one attached hydrogen (secondary N) is 2. The van der Waals surface area contributed by atoms with Crippen LogP contribution >= 0.6 is 12.4 Å². The van der Waals surface area contributed by atoms with Gasteiger partial charge in [-0.3, -0.25) is 9.69 Å². The fourth-order valence-corrected chi connectivity index (χ4v) is 3.27. The van der Waals surface area contributed by atoms with Gasteiger partial charge < -0.3 is 25.0 Å². The number of morpholine rings is 2. The largest absolute Gasteiger partial charge is 0.378 e. The Balaban J connectivity index is 0.000000154. The fourth-order valence-electron chi connectivity index (χ4n) is 3.27. The van der Waals surface area contributed by atoms with Crippen molar-refractivity contribution in [1.82, 2.24) is 20.4 Å². The van der Waals surface area contributed by atoms with E-state index in [0.717, 1.165) is 52.5 Å². The van der Waals surface area contributed by atoms with E-state index in [1.165, 1.54) is 6.54 Å². The zero-order valence-electron chi connectivity index (χ0n) is 13.0. The van der Waals surface area contributed by atoms with Crippen LogP contribution in [0.25, 0.3) is 0 Å². The highest BCUT2D eigenvalue weighted by molar-refractivity contribution is 5.85. The number of carbonyl (C=O) groups excluding carboxylic acids is 1. The molecule has 2 atom stereocenters. The molecule has 22 heavy (non-hydrogen) atoms. The lowest BCUT2D eigenvalue weighted by atomic mass is 10.2. The van der Waals surface area contributed by atoms with Crippen LogP contribution in [0.4, 0.5) is 0 Å². The Morgan fingerprint density at radius 2 is 1.68 bits per heavy atom. The van der Waals surface area contributed by atoms with Crippen LogP contribution < -0.4 is 10.6 Å². The summed E-state index contributed by atoms with van der Waals surface area (Å²) >= 11 is 0. The number of halogens is 1. The van der Waals surface area contributed by atoms with Gasteiger partial charge in [0.1, 0.15) is 6.61 Å². The first-order chi connectivity index (χ1) is 10.3. The summed E-state index contributed by atoms with van der Waals surface area (Å²) in [5, 5.41) is 6.59. The first-order valence-electron chi connectivity index (χ1n) is 7.95. The molecule has 4 aliphatic rings. The fraction of sp³-hybridized carbons (Fsp3) is 0.929. The van der Waals surface area contributed by atoms with Gasteiger partial charge >= 0.3 is 0 Å². The monoisotopic (exact) mass is 334 g/mol. The van der Waals surface area contributed by atoms with Crippen LogP contribution in [0.3, 0.4) is 0 Å². The maximum atomic E-state index is 11.2. The molecule has 2 N–H and O–H groups in total. The van der Waals surface area contributed by atoms with Crippen molar-refractivity contribution in [1.29, 1.82) is 0 Å². The van der Waals surface area contributed by atoms with Crippen molar-refractivity contribution < 1.29 is 14.3 Å². The number of rotatable bonds is 0. The highest BCUT2D eigenvalue weighted by Crippen LogP contribution is 2.09. The summed E-state index contributed by atoms with van der Waals surface area (Å²) in [5.41, 5.74) is 0. The predicted octanol–water partition coefficient (Wildman–Crippen LogP) is -1.47. The Morgan fingerprint density at radius 1 is 0.955 bits per heavy atom. The van der Waals surface area contributed by atoms with Gasteiger partial charge in [-0.2, -0.15) is 0 Å². The molecule has 0 aromatic heterocycles. The number of hydrogen-bond acceptors (Lipinski definition) is 6. The van der Waals surface area contributed by atoms with Crippen LogP contribution in [0.1, 0.15) is 0 Å². The van der Waals surface area contributed by atoms with E-state index in [2.05, 4.69) is 15.5 Å². The average molecular weight is 335 g/mol. The number of piperazine rings is 2. The minimum atomic E-state index is 0. The molecule has 4 rings (SSSR count). The van der Waals surface area contributed by atoms with Crippen molar-refractivity contribution in [2.45, 2.75) is 12.1 Å². The van der Waals surface area contributed by atoms with E-state index in [1.807, 2.05) is 4.90 Å². The molecule has 0 saturated carbocycles. The number of hydrogen-bond donors (Lipinski definition) is 2. The molecule has 4 aliphatic heterocycles. The molecular formula is C14H27ClN4O3. The Kier molecular flexibility index (Phi) is 7.33. The normalized spacial score (nSPS) is 32.0. The molecule has 0 aliphatic carbocycles. The zero-order valence-corrected chi connectivity index (χ0v) is 13.8. The number of ether oxygens (including phenoxy) is 2. The smallest absolute Gasteiger partial charge is 0.248 e. The van der Waals surface area contributed by atoms with Crippen LogP contribution in [-0.4, -0.2) is 100 Å². The Hall–Kier alpha value is -0.440. The van der Waals surface area contributed by atoms with Gasteiger partial charge in [-0.1, -0.05) is 0 Å². The van der Waals surface area contributed by atoms with E-state index in [-0.39, 0.29) is 31.0 Å². The molecular weight excluding hydrogens is 308 g/mol. The van der Waals surface area contributed by atoms with Crippen LogP contribution in [0.15, 0.2) is 0 Å². The highest BCUT2D eigenvalue weighted by Gasteiger charge is 2.30. The van der Waals surface area contributed by atoms with Gasteiger partial charge in [-0.05, 0) is 0 Å². The van der Waals surface area contributed by atoms with Gasteiger partial charge in [-0.15, -0.1) is 12.4 Å². The summed E-state index contributed by atoms with van der Waals surface area (Å²) in [6, 6.07) is 0.937. The summed E-state index contributed by atoms with van der Waals surface area (Å²) in [6.45, 7) is 10.1. The van der Waals surface area contributed by atoms with Crippen LogP contribution in [0.5, 0.6) is 0 Å². The maximum Gasteiger partial charge on any atom is 0.248 e. The molecule has 1 amide bonds. The van der Waals surface area contributed by atoms with Crippen LogP contribution in [0, 0.1) is 0 Å². The van der Waals surface area contributed by atoms with Crippen LogP contribution in [0.2, 0.25) is 0 Å². The summed E-state index contributed by atoms with van der Waals surface area (Å²) in [5.74, 6) is 0.141. The second-order valence-corrected chi connectivity index (χ2v) is 5.93. The van der Waals surface area contributed by atoms with Crippen molar-refractivity contribution in [3.63, 3.8) is 0 Å². The van der Waals surface area contributed by atoms with E-state index < -0.39 is 0 Å². The molecule has 0 unspecified atom stereocenters. The Bertz CT molecular complexity index is 333. The Labute approximate surface area is 138 Å². The summed E-state index contributed by atoms with van der Waals surface area (Å²) < 4.78 is 10.5. The second kappa shape index (κ2) is 9.00. The molecule has 0 aromatic carbocycles. The molecule has 0 aromatic rings. The van der Waals surface area contributed by atoms with Crippen molar-refractivity contribution in [3.8, 4) is 0 Å². The quantitative estimate of drug-likeness (QED) is 0.564. The third kappa shape index (κ3) is 4.53. The van der Waals surface area contributed by atoms with Gasteiger partial charge in [0.05, 0.1) is 25.9 Å². The van der Waals surface area contributed by atoms with Crippen molar-refractivity contribution >= 4 is 18.3 Å². The standard InChI is InChI=1S/C7H12N2O2.C7H14N2O.ClH/c10-7-5-11-4-6-3-8-1-2-9(6)7;1-2-9-3-4-10-6-7(9)5-8-1;/h6,8H,1-5H2;7-8H,1-6H2;1H/t6-;7-;/m00./s1. The minimum absolute atomic E-state index is 0. The van der Waals surface area contributed by atoms with Gasteiger partial charge in [0.2, 0.25) is 5.91 Å². The molecule has 0 bridgehead atoms. The summed E-state index contributed by atoms with van der Waals surface area (Å²) in [7, 11) is 0. The van der Waals surface area contributed by atoms with Gasteiger partial charge in [-0.25, -0.2) is 0 Å². The van der Waals surface area contributed by atoms with E-state index >= 15 is 0 Å². The first-order valence-corrected chi connectivity index (χ1v) is 7.95. The minimum Gasteiger partial charge on any atom is -0.378 e. The SMILES string of the molecule is C1CN2CCOC[C@@H]2CN1.Cl.O=C1COC[C@@H]2CNCCN12. The lowest BCUT2D eigenvalue weighted by Crippen LogP contribution is -2.59. The van der Waals surface area contributed by atoms with E-state index in [4.69, 9.17) is 9.47 Å². The first kappa shape index (κ1) is 17.9. The molecule has 0 radical (unpaired) electrons. The summed E-state index contributed by atoms with van der Waals surface area (Å²) in [4.78, 5) is 15.6. The molecule has 4 saturated heterocycles. The number of nitrogens with zero attached hydrogens (tertiary/aromatic N) is 2. The van der Waals surface area contributed by atoms with E-state index in [1.54, 1.807) is 0 Å². The molecule has 4 fully saturated rings. The molecule has 7 nitrogen and oxygen atoms in total. The maximum absolute atomic E-state index is 11.2. The highest BCUT2D eigenvalue weighted by atomic mass is 35.5. The van der Waals surface area contributed by atoms with E-state index in [0.29, 0.717) is 12.6 Å². The molecule has 8 heteroatoms. The topological polar surface area (TPSA) is 66.1 Å². The van der Waals surface area contributed by atoms with Crippen molar-refractivity contribution in [3.05, 3.63) is 0 Å². The number of amides is 1. The summed E-state index contributed by atoms with van der Waals surface area (Å²) in [6.07, 6.45) is 0.